The van der Waals surface area contributed by atoms with Crippen molar-refractivity contribution >= 4 is 11.8 Å². The summed E-state index contributed by atoms with van der Waals surface area (Å²) in [6, 6.07) is 4.22. The molecule has 1 aromatic carbocycles. The molecule has 0 unspecified atom stereocenters. The van der Waals surface area contributed by atoms with E-state index in [2.05, 4.69) is 10.2 Å². The first-order valence-corrected chi connectivity index (χ1v) is 10.8. The standard InChI is InChI=1S/C23H27FN4O4/c1-13-10-27(11-21(29)28(13)17-6-7-32-12-17)23(31)18-8-16(4-5-19(18)24)9-20-14(2)15(3)22(30)26-25-20/h4-5,8,13,17H,6-7,9-12H2,1-3H3,(H,26,30)/t13-,17+/m1/s1. The van der Waals surface area contributed by atoms with Crippen LogP contribution in [0.2, 0.25) is 0 Å². The molecule has 2 fully saturated rings. The van der Waals surface area contributed by atoms with Crippen molar-refractivity contribution in [3.05, 3.63) is 62.3 Å². The van der Waals surface area contributed by atoms with Gasteiger partial charge < -0.3 is 14.5 Å². The van der Waals surface area contributed by atoms with E-state index in [-0.39, 0.29) is 35.7 Å². The number of aromatic amines is 1. The van der Waals surface area contributed by atoms with Crippen molar-refractivity contribution in [3.63, 3.8) is 0 Å². The normalized spacial score (nSPS) is 21.3. The number of aromatic nitrogens is 2. The Bertz CT molecular complexity index is 1110. The van der Waals surface area contributed by atoms with Gasteiger partial charge >= 0.3 is 0 Å². The van der Waals surface area contributed by atoms with E-state index in [4.69, 9.17) is 4.74 Å². The van der Waals surface area contributed by atoms with Gasteiger partial charge in [0.15, 0.2) is 0 Å². The highest BCUT2D eigenvalue weighted by Crippen LogP contribution is 2.23. The Hall–Kier alpha value is -3.07. The third-order valence-electron chi connectivity index (χ3n) is 6.42. The van der Waals surface area contributed by atoms with Gasteiger partial charge in [0.25, 0.3) is 11.5 Å². The molecule has 170 valence electrons. The number of ether oxygens (including phenoxy) is 1. The molecule has 0 radical (unpaired) electrons. The molecule has 8 nitrogen and oxygen atoms in total. The lowest BCUT2D eigenvalue weighted by Crippen LogP contribution is -2.60. The molecule has 32 heavy (non-hydrogen) atoms. The minimum Gasteiger partial charge on any atom is -0.379 e. The number of carbonyl (C=O) groups excluding carboxylic acids is 2. The largest absolute Gasteiger partial charge is 0.379 e. The topological polar surface area (TPSA) is 95.6 Å². The summed E-state index contributed by atoms with van der Waals surface area (Å²) in [5.41, 5.74) is 2.37. The maximum atomic E-state index is 14.6. The number of hydrogen-bond donors (Lipinski definition) is 1. The van der Waals surface area contributed by atoms with Crippen LogP contribution < -0.4 is 5.56 Å². The maximum Gasteiger partial charge on any atom is 0.267 e. The monoisotopic (exact) mass is 442 g/mol. The van der Waals surface area contributed by atoms with Crippen molar-refractivity contribution in [2.75, 3.05) is 26.3 Å². The molecule has 1 N–H and O–H groups in total. The van der Waals surface area contributed by atoms with Crippen LogP contribution in [0, 0.1) is 19.7 Å². The quantitative estimate of drug-likeness (QED) is 0.776. The number of H-pyrrole nitrogens is 1. The minimum atomic E-state index is -0.632. The number of benzene rings is 1. The van der Waals surface area contributed by atoms with Gasteiger partial charge in [-0.3, -0.25) is 14.4 Å². The molecule has 2 aliphatic rings. The molecular formula is C23H27FN4O4. The molecule has 2 aromatic rings. The molecule has 0 saturated carbocycles. The van der Waals surface area contributed by atoms with E-state index in [0.717, 1.165) is 12.0 Å². The predicted molar refractivity (Wildman–Crippen MR) is 115 cm³/mol. The number of nitrogens with zero attached hydrogens (tertiary/aromatic N) is 3. The Morgan fingerprint density at radius 3 is 2.75 bits per heavy atom. The Labute approximate surface area is 185 Å². The van der Waals surface area contributed by atoms with E-state index in [1.165, 1.54) is 17.0 Å². The Morgan fingerprint density at radius 1 is 1.28 bits per heavy atom. The van der Waals surface area contributed by atoms with Crippen LogP contribution in [-0.4, -0.2) is 70.2 Å². The molecule has 2 saturated heterocycles. The van der Waals surface area contributed by atoms with Gasteiger partial charge in [0.1, 0.15) is 12.4 Å². The zero-order valence-corrected chi connectivity index (χ0v) is 18.5. The average Bonchev–Trinajstić information content (AvgIpc) is 3.28. The second-order valence-corrected chi connectivity index (χ2v) is 8.59. The van der Waals surface area contributed by atoms with Crippen molar-refractivity contribution < 1.29 is 18.7 Å². The fourth-order valence-corrected chi connectivity index (χ4v) is 4.48. The number of carbonyl (C=O) groups is 2. The summed E-state index contributed by atoms with van der Waals surface area (Å²) in [7, 11) is 0. The summed E-state index contributed by atoms with van der Waals surface area (Å²) >= 11 is 0. The Morgan fingerprint density at radius 2 is 2.06 bits per heavy atom. The summed E-state index contributed by atoms with van der Waals surface area (Å²) in [6.07, 6.45) is 1.13. The number of rotatable bonds is 4. The molecule has 0 aliphatic carbocycles. The lowest BCUT2D eigenvalue weighted by Gasteiger charge is -2.42. The Balaban J connectivity index is 1.54. The number of halogens is 1. The molecule has 2 aliphatic heterocycles. The first kappa shape index (κ1) is 22.1. The molecule has 3 heterocycles. The first-order valence-electron chi connectivity index (χ1n) is 10.8. The van der Waals surface area contributed by atoms with E-state index in [1.54, 1.807) is 17.9 Å². The van der Waals surface area contributed by atoms with Gasteiger partial charge in [-0.05, 0) is 50.5 Å². The SMILES string of the molecule is Cc1c(Cc2ccc(F)c(C(=O)N3CC(=O)N([C@H]4CCOC4)[C@H](C)C3)c2)n[nH]c(=O)c1C. The number of amides is 2. The van der Waals surface area contributed by atoms with Crippen molar-refractivity contribution in [2.24, 2.45) is 0 Å². The van der Waals surface area contributed by atoms with Crippen molar-refractivity contribution in [1.29, 1.82) is 0 Å². The molecule has 2 atom stereocenters. The van der Waals surface area contributed by atoms with Gasteiger partial charge in [0.2, 0.25) is 5.91 Å². The van der Waals surface area contributed by atoms with Crippen LogP contribution in [0.1, 0.15) is 46.1 Å². The molecule has 0 spiro atoms. The van der Waals surface area contributed by atoms with Gasteiger partial charge in [-0.1, -0.05) is 6.07 Å². The Kier molecular flexibility index (Phi) is 6.10. The first-order chi connectivity index (χ1) is 15.3. The highest BCUT2D eigenvalue weighted by Gasteiger charge is 2.38. The number of piperazine rings is 1. The van der Waals surface area contributed by atoms with Gasteiger partial charge in [-0.25, -0.2) is 9.49 Å². The molecule has 4 rings (SSSR count). The fraction of sp³-hybridized carbons (Fsp3) is 0.478. The molecule has 2 amide bonds. The summed E-state index contributed by atoms with van der Waals surface area (Å²) in [5.74, 6) is -1.28. The number of hydrogen-bond acceptors (Lipinski definition) is 5. The van der Waals surface area contributed by atoms with Crippen molar-refractivity contribution in [2.45, 2.75) is 45.7 Å². The van der Waals surface area contributed by atoms with Crippen LogP contribution in [0.25, 0.3) is 0 Å². The lowest BCUT2D eigenvalue weighted by molar-refractivity contribution is -0.141. The van der Waals surface area contributed by atoms with Crippen LogP contribution >= 0.6 is 0 Å². The zero-order chi connectivity index (χ0) is 23.0. The average molecular weight is 442 g/mol. The zero-order valence-electron chi connectivity index (χ0n) is 18.5. The third kappa shape index (κ3) is 4.17. The van der Waals surface area contributed by atoms with Crippen LogP contribution in [0.15, 0.2) is 23.0 Å². The summed E-state index contributed by atoms with van der Waals surface area (Å²) in [4.78, 5) is 40.8. The predicted octanol–water partition coefficient (Wildman–Crippen LogP) is 1.58. The number of nitrogens with one attached hydrogen (secondary N) is 1. The van der Waals surface area contributed by atoms with Gasteiger partial charge in [0.05, 0.1) is 23.9 Å². The van der Waals surface area contributed by atoms with Crippen LogP contribution in [0.4, 0.5) is 4.39 Å². The fourth-order valence-electron chi connectivity index (χ4n) is 4.48. The summed E-state index contributed by atoms with van der Waals surface area (Å²) in [5, 5.41) is 6.56. The molecule has 9 heteroatoms. The molecule has 1 aromatic heterocycles. The van der Waals surface area contributed by atoms with E-state index in [9.17, 15) is 18.8 Å². The summed E-state index contributed by atoms with van der Waals surface area (Å²) in [6.45, 7) is 6.82. The minimum absolute atomic E-state index is 0.0336. The van der Waals surface area contributed by atoms with E-state index in [0.29, 0.717) is 43.0 Å². The maximum absolute atomic E-state index is 14.6. The second kappa shape index (κ2) is 8.82. The third-order valence-corrected chi connectivity index (χ3v) is 6.42. The van der Waals surface area contributed by atoms with Crippen LogP contribution in [-0.2, 0) is 16.0 Å². The van der Waals surface area contributed by atoms with E-state index in [1.807, 2.05) is 13.8 Å². The lowest BCUT2D eigenvalue weighted by atomic mass is 10.0. The van der Waals surface area contributed by atoms with Gasteiger partial charge in [-0.15, -0.1) is 0 Å². The van der Waals surface area contributed by atoms with Gasteiger partial charge in [0, 0.05) is 31.2 Å². The van der Waals surface area contributed by atoms with Crippen molar-refractivity contribution in [3.8, 4) is 0 Å². The van der Waals surface area contributed by atoms with E-state index < -0.39 is 11.7 Å². The highest BCUT2D eigenvalue weighted by molar-refractivity contribution is 5.97. The van der Waals surface area contributed by atoms with Crippen molar-refractivity contribution in [1.82, 2.24) is 20.0 Å². The second-order valence-electron chi connectivity index (χ2n) is 8.59. The van der Waals surface area contributed by atoms with Crippen LogP contribution in [0.5, 0.6) is 0 Å². The molecule has 0 bridgehead atoms. The highest BCUT2D eigenvalue weighted by atomic mass is 19.1. The van der Waals surface area contributed by atoms with E-state index >= 15 is 0 Å². The summed E-state index contributed by atoms with van der Waals surface area (Å²) < 4.78 is 20.0. The molecular weight excluding hydrogens is 415 g/mol. The smallest absolute Gasteiger partial charge is 0.267 e. The van der Waals surface area contributed by atoms with Crippen LogP contribution in [0.3, 0.4) is 0 Å². The van der Waals surface area contributed by atoms with Gasteiger partial charge in [-0.2, -0.15) is 5.10 Å².